The van der Waals surface area contributed by atoms with Gasteiger partial charge in [-0.2, -0.15) is 0 Å². The van der Waals surface area contributed by atoms with E-state index in [1.165, 1.54) is 0 Å². The number of rotatable bonds is 0. The smallest absolute Gasteiger partial charge is 0.231 e. The van der Waals surface area contributed by atoms with Gasteiger partial charge in [0.15, 0.2) is 11.5 Å². The molecule has 2 aromatic carbocycles. The molecule has 4 aromatic rings. The summed E-state index contributed by atoms with van der Waals surface area (Å²) in [5.41, 5.74) is 0.910. The molecule has 1 aliphatic rings. The zero-order chi connectivity index (χ0) is 14.7. The molecule has 0 saturated heterocycles. The van der Waals surface area contributed by atoms with Gasteiger partial charge >= 0.3 is 0 Å². The predicted octanol–water partition coefficient (Wildman–Crippen LogP) is 4.32. The minimum Gasteiger partial charge on any atom is -0.454 e. The summed E-state index contributed by atoms with van der Waals surface area (Å²) >= 11 is 6.18. The fourth-order valence-electron chi connectivity index (χ4n) is 2.99. The lowest BCUT2D eigenvalue weighted by atomic mass is 10.0. The number of pyridine rings is 2. The van der Waals surface area contributed by atoms with Crippen molar-refractivity contribution in [1.29, 1.82) is 0 Å². The standard InChI is InChI=1S/C17H9ClN2O2/c18-17-12-2-1-10-13-6-15-14(21-8-22-15)5-9(13)7-20-16(10)11(12)3-4-19-17/h1-7H,8H2. The van der Waals surface area contributed by atoms with E-state index in [1.54, 1.807) is 6.20 Å². The van der Waals surface area contributed by atoms with Crippen molar-refractivity contribution in [2.75, 3.05) is 6.79 Å². The zero-order valence-electron chi connectivity index (χ0n) is 11.3. The van der Waals surface area contributed by atoms with Crippen molar-refractivity contribution < 1.29 is 9.47 Å². The van der Waals surface area contributed by atoms with Crippen LogP contribution in [0.25, 0.3) is 32.4 Å². The van der Waals surface area contributed by atoms with Gasteiger partial charge in [-0.1, -0.05) is 23.7 Å². The normalized spacial score (nSPS) is 13.3. The summed E-state index contributed by atoms with van der Waals surface area (Å²) in [7, 11) is 0. The van der Waals surface area contributed by atoms with Crippen LogP contribution in [0.1, 0.15) is 0 Å². The number of aromatic nitrogens is 2. The molecule has 1 aliphatic heterocycles. The molecule has 5 heteroatoms. The lowest BCUT2D eigenvalue weighted by Gasteiger charge is -2.08. The molecule has 0 fully saturated rings. The number of halogens is 1. The molecule has 0 aliphatic carbocycles. The van der Waals surface area contributed by atoms with Gasteiger partial charge in [0.2, 0.25) is 6.79 Å². The quantitative estimate of drug-likeness (QED) is 0.358. The molecule has 0 N–H and O–H groups in total. The highest BCUT2D eigenvalue weighted by atomic mass is 35.5. The second kappa shape index (κ2) is 4.21. The first-order valence-electron chi connectivity index (χ1n) is 6.86. The van der Waals surface area contributed by atoms with Crippen molar-refractivity contribution in [2.24, 2.45) is 0 Å². The van der Waals surface area contributed by atoms with E-state index in [0.29, 0.717) is 5.15 Å². The van der Waals surface area contributed by atoms with E-state index in [4.69, 9.17) is 21.1 Å². The Morgan fingerprint density at radius 2 is 1.64 bits per heavy atom. The van der Waals surface area contributed by atoms with Crippen LogP contribution in [0.2, 0.25) is 5.15 Å². The number of benzene rings is 2. The topological polar surface area (TPSA) is 44.2 Å². The summed E-state index contributed by atoms with van der Waals surface area (Å²) in [4.78, 5) is 8.75. The third-order valence-corrected chi connectivity index (χ3v) is 4.34. The summed E-state index contributed by atoms with van der Waals surface area (Å²) in [5, 5.41) is 5.57. The highest BCUT2D eigenvalue weighted by Crippen LogP contribution is 2.39. The molecule has 0 unspecified atom stereocenters. The average Bonchev–Trinajstić information content (AvgIpc) is 3.00. The first kappa shape index (κ1) is 12.0. The van der Waals surface area contributed by atoms with Crippen LogP contribution in [0.4, 0.5) is 0 Å². The van der Waals surface area contributed by atoms with Crippen molar-refractivity contribution in [2.45, 2.75) is 0 Å². The lowest BCUT2D eigenvalue weighted by Crippen LogP contribution is -1.92. The first-order chi connectivity index (χ1) is 10.8. The van der Waals surface area contributed by atoms with E-state index in [-0.39, 0.29) is 6.79 Å². The second-order valence-corrected chi connectivity index (χ2v) is 5.57. The Kier molecular flexibility index (Phi) is 2.30. The first-order valence-corrected chi connectivity index (χ1v) is 7.24. The number of fused-ring (bicyclic) bond motifs is 6. The van der Waals surface area contributed by atoms with Crippen molar-refractivity contribution in [1.82, 2.24) is 9.97 Å². The Morgan fingerprint density at radius 3 is 2.55 bits per heavy atom. The van der Waals surface area contributed by atoms with Gasteiger partial charge in [-0.3, -0.25) is 4.98 Å². The van der Waals surface area contributed by atoms with E-state index in [1.807, 2.05) is 36.5 Å². The third-order valence-electron chi connectivity index (χ3n) is 4.04. The molecular weight excluding hydrogens is 300 g/mol. The fourth-order valence-corrected chi connectivity index (χ4v) is 3.21. The highest BCUT2D eigenvalue weighted by molar-refractivity contribution is 6.35. The third kappa shape index (κ3) is 1.53. The van der Waals surface area contributed by atoms with Crippen molar-refractivity contribution >= 4 is 44.0 Å². The van der Waals surface area contributed by atoms with Gasteiger partial charge in [0.05, 0.1) is 5.52 Å². The van der Waals surface area contributed by atoms with E-state index in [9.17, 15) is 0 Å². The Morgan fingerprint density at radius 1 is 0.864 bits per heavy atom. The van der Waals surface area contributed by atoms with Crippen LogP contribution >= 0.6 is 11.6 Å². The van der Waals surface area contributed by atoms with Crippen LogP contribution in [-0.2, 0) is 0 Å². The van der Waals surface area contributed by atoms with Gasteiger partial charge in [-0.15, -0.1) is 0 Å². The van der Waals surface area contributed by atoms with Crippen LogP contribution in [-0.4, -0.2) is 16.8 Å². The molecule has 4 nitrogen and oxygen atoms in total. The fraction of sp³-hybridized carbons (Fsp3) is 0.0588. The zero-order valence-corrected chi connectivity index (χ0v) is 12.1. The monoisotopic (exact) mass is 308 g/mol. The van der Waals surface area contributed by atoms with Crippen molar-refractivity contribution in [3.63, 3.8) is 0 Å². The van der Waals surface area contributed by atoms with Crippen LogP contribution < -0.4 is 9.47 Å². The van der Waals surface area contributed by atoms with E-state index < -0.39 is 0 Å². The second-order valence-electron chi connectivity index (χ2n) is 5.21. The summed E-state index contributed by atoms with van der Waals surface area (Å²) < 4.78 is 10.9. The highest BCUT2D eigenvalue weighted by Gasteiger charge is 2.16. The Balaban J connectivity index is 1.97. The summed E-state index contributed by atoms with van der Waals surface area (Å²) in [5.74, 6) is 1.54. The van der Waals surface area contributed by atoms with Gasteiger partial charge in [0.25, 0.3) is 0 Å². The predicted molar refractivity (Wildman–Crippen MR) is 85.7 cm³/mol. The van der Waals surface area contributed by atoms with Crippen LogP contribution in [0, 0.1) is 0 Å². The number of ether oxygens (including phenoxy) is 2. The minimum absolute atomic E-state index is 0.265. The van der Waals surface area contributed by atoms with E-state index in [0.717, 1.165) is 43.9 Å². The molecule has 0 radical (unpaired) electrons. The number of nitrogens with zero attached hydrogens (tertiary/aromatic N) is 2. The Bertz CT molecular complexity index is 1080. The van der Waals surface area contributed by atoms with Gasteiger partial charge in [-0.25, -0.2) is 4.98 Å². The minimum atomic E-state index is 0.265. The maximum atomic E-state index is 6.18. The maximum absolute atomic E-state index is 6.18. The van der Waals surface area contributed by atoms with Crippen molar-refractivity contribution in [3.05, 3.63) is 47.9 Å². The van der Waals surface area contributed by atoms with Gasteiger partial charge in [0.1, 0.15) is 5.15 Å². The lowest BCUT2D eigenvalue weighted by molar-refractivity contribution is 0.174. The summed E-state index contributed by atoms with van der Waals surface area (Å²) in [6.45, 7) is 0.265. The maximum Gasteiger partial charge on any atom is 0.231 e. The molecular formula is C17H9ClN2O2. The molecule has 3 heterocycles. The van der Waals surface area contributed by atoms with Crippen LogP contribution in [0.15, 0.2) is 42.7 Å². The molecule has 0 bridgehead atoms. The molecule has 0 atom stereocenters. The van der Waals surface area contributed by atoms with Gasteiger partial charge < -0.3 is 9.47 Å². The van der Waals surface area contributed by atoms with Crippen molar-refractivity contribution in [3.8, 4) is 11.5 Å². The summed E-state index contributed by atoms with van der Waals surface area (Å²) in [6, 6.07) is 9.93. The molecule has 22 heavy (non-hydrogen) atoms. The Hall–Kier alpha value is -2.59. The van der Waals surface area contributed by atoms with E-state index >= 15 is 0 Å². The Labute approximate surface area is 130 Å². The molecule has 106 valence electrons. The number of hydrogen-bond donors (Lipinski definition) is 0. The van der Waals surface area contributed by atoms with Gasteiger partial charge in [0, 0.05) is 33.9 Å². The molecule has 5 rings (SSSR count). The molecule has 0 saturated carbocycles. The summed E-state index contributed by atoms with van der Waals surface area (Å²) in [6.07, 6.45) is 3.56. The van der Waals surface area contributed by atoms with Crippen LogP contribution in [0.5, 0.6) is 11.5 Å². The van der Waals surface area contributed by atoms with Gasteiger partial charge in [-0.05, 0) is 23.6 Å². The molecule has 0 spiro atoms. The molecule has 2 aromatic heterocycles. The van der Waals surface area contributed by atoms with E-state index in [2.05, 4.69) is 9.97 Å². The average molecular weight is 309 g/mol. The number of hydrogen-bond acceptors (Lipinski definition) is 4. The SMILES string of the molecule is Clc1nccc2c1ccc1c3cc4c(cc3cnc21)OCO4. The van der Waals surface area contributed by atoms with Crippen LogP contribution in [0.3, 0.4) is 0 Å². The largest absolute Gasteiger partial charge is 0.454 e. The molecule has 0 amide bonds.